The molecule has 37 heavy (non-hydrogen) atoms. The number of alkyl halides is 3. The van der Waals surface area contributed by atoms with Crippen molar-refractivity contribution in [3.05, 3.63) is 87.7 Å². The first kappa shape index (κ1) is 28.2. The van der Waals surface area contributed by atoms with Gasteiger partial charge >= 0.3 is 12.3 Å². The van der Waals surface area contributed by atoms with Gasteiger partial charge in [0.1, 0.15) is 11.3 Å². The summed E-state index contributed by atoms with van der Waals surface area (Å²) in [4.78, 5) is 28.6. The van der Waals surface area contributed by atoms with Crippen LogP contribution in [0.1, 0.15) is 60.9 Å². The van der Waals surface area contributed by atoms with E-state index < -0.39 is 23.4 Å². The largest absolute Gasteiger partial charge is 0.444 e. The molecule has 196 valence electrons. The number of rotatable bonds is 6. The molecule has 0 fully saturated rings. The number of carbonyl (C=O) groups excluding carboxylic acids is 2. The highest BCUT2D eigenvalue weighted by atomic mass is 79.9. The SMILES string of the molecule is C[C@@H](NC(=O)c1cc(Br)ccn1)c1ccc(-c2cc(C(F)(F)F)ccc2CNC(=O)OC(C)(C)C)cc1. The van der Waals surface area contributed by atoms with Crippen LogP contribution in [0.3, 0.4) is 0 Å². The van der Waals surface area contributed by atoms with Crippen molar-refractivity contribution in [2.24, 2.45) is 0 Å². The zero-order valence-electron chi connectivity index (χ0n) is 20.7. The van der Waals surface area contributed by atoms with Crippen LogP contribution in [0.2, 0.25) is 0 Å². The number of hydrogen-bond acceptors (Lipinski definition) is 4. The van der Waals surface area contributed by atoms with Crippen LogP contribution in [0.25, 0.3) is 11.1 Å². The van der Waals surface area contributed by atoms with Gasteiger partial charge < -0.3 is 15.4 Å². The highest BCUT2D eigenvalue weighted by Gasteiger charge is 2.31. The van der Waals surface area contributed by atoms with Crippen LogP contribution in [0.4, 0.5) is 18.0 Å². The highest BCUT2D eigenvalue weighted by molar-refractivity contribution is 9.10. The van der Waals surface area contributed by atoms with Crippen LogP contribution < -0.4 is 10.6 Å². The predicted molar refractivity (Wildman–Crippen MR) is 138 cm³/mol. The third-order valence-corrected chi connectivity index (χ3v) is 5.78. The number of alkyl carbamates (subject to hydrolysis) is 1. The lowest BCUT2D eigenvalue weighted by atomic mass is 9.95. The maximum atomic E-state index is 13.4. The van der Waals surface area contributed by atoms with Gasteiger partial charge in [0.05, 0.1) is 11.6 Å². The van der Waals surface area contributed by atoms with E-state index in [-0.39, 0.29) is 24.2 Å². The molecular formula is C27H27BrF3N3O3. The Morgan fingerprint density at radius 2 is 1.70 bits per heavy atom. The van der Waals surface area contributed by atoms with Gasteiger partial charge in [0.25, 0.3) is 5.91 Å². The van der Waals surface area contributed by atoms with E-state index >= 15 is 0 Å². The average molecular weight is 578 g/mol. The van der Waals surface area contributed by atoms with Crippen molar-refractivity contribution in [1.82, 2.24) is 15.6 Å². The molecule has 3 aromatic rings. The van der Waals surface area contributed by atoms with Crippen molar-refractivity contribution in [1.29, 1.82) is 0 Å². The van der Waals surface area contributed by atoms with E-state index in [1.54, 1.807) is 64.1 Å². The number of ether oxygens (including phenoxy) is 1. The van der Waals surface area contributed by atoms with E-state index in [2.05, 4.69) is 31.5 Å². The first-order valence-corrected chi connectivity index (χ1v) is 12.2. The quantitative estimate of drug-likeness (QED) is 0.329. The maximum absolute atomic E-state index is 13.4. The van der Waals surface area contributed by atoms with E-state index in [1.165, 1.54) is 12.3 Å². The van der Waals surface area contributed by atoms with Gasteiger partial charge in [-0.1, -0.05) is 46.3 Å². The number of aromatic nitrogens is 1. The van der Waals surface area contributed by atoms with Crippen LogP contribution in [0.5, 0.6) is 0 Å². The molecule has 0 aliphatic rings. The standard InChI is InChI=1S/C27H27BrF3N3O3/c1-16(34-24(35)23-14-21(28)11-12-32-23)17-5-7-18(8-6-17)22-13-20(27(29,30)31)10-9-19(22)15-33-25(36)37-26(2,3)4/h5-14,16H,15H2,1-4H3,(H,33,36)(H,34,35)/t16-/m1/s1. The topological polar surface area (TPSA) is 80.3 Å². The van der Waals surface area contributed by atoms with Gasteiger partial charge in [0, 0.05) is 17.2 Å². The Kier molecular flexibility index (Phi) is 8.63. The monoisotopic (exact) mass is 577 g/mol. The zero-order chi connectivity index (χ0) is 27.4. The summed E-state index contributed by atoms with van der Waals surface area (Å²) in [5, 5.41) is 5.45. The Balaban J connectivity index is 1.82. The zero-order valence-corrected chi connectivity index (χ0v) is 22.3. The number of nitrogens with one attached hydrogen (secondary N) is 2. The smallest absolute Gasteiger partial charge is 0.416 e. The van der Waals surface area contributed by atoms with Crippen LogP contribution in [-0.2, 0) is 17.5 Å². The molecule has 0 saturated carbocycles. The van der Waals surface area contributed by atoms with E-state index in [0.717, 1.165) is 22.2 Å². The Labute approximate surface area is 221 Å². The minimum absolute atomic E-state index is 0.0176. The predicted octanol–water partition coefficient (Wildman–Crippen LogP) is 7.05. The third-order valence-electron chi connectivity index (χ3n) is 5.28. The van der Waals surface area contributed by atoms with Crippen molar-refractivity contribution in [3.63, 3.8) is 0 Å². The molecule has 2 amide bonds. The highest BCUT2D eigenvalue weighted by Crippen LogP contribution is 2.34. The molecule has 1 aromatic heterocycles. The molecule has 0 unspecified atom stereocenters. The molecule has 10 heteroatoms. The van der Waals surface area contributed by atoms with Gasteiger partial charge in [-0.15, -0.1) is 0 Å². The summed E-state index contributed by atoms with van der Waals surface area (Å²) < 4.78 is 46.2. The minimum Gasteiger partial charge on any atom is -0.444 e. The number of pyridine rings is 1. The Morgan fingerprint density at radius 1 is 1.03 bits per heavy atom. The number of carbonyl (C=O) groups is 2. The van der Waals surface area contributed by atoms with Crippen molar-refractivity contribution >= 4 is 27.9 Å². The van der Waals surface area contributed by atoms with Gasteiger partial charge in [0.2, 0.25) is 0 Å². The summed E-state index contributed by atoms with van der Waals surface area (Å²) in [6.07, 6.45) is -3.67. The summed E-state index contributed by atoms with van der Waals surface area (Å²) in [6, 6.07) is 13.2. The summed E-state index contributed by atoms with van der Waals surface area (Å²) in [5.41, 5.74) is 0.859. The molecule has 0 radical (unpaired) electrons. The molecule has 1 heterocycles. The molecule has 1 atom stereocenters. The number of benzene rings is 2. The van der Waals surface area contributed by atoms with Crippen LogP contribution in [-0.4, -0.2) is 22.6 Å². The Bertz CT molecular complexity index is 1270. The van der Waals surface area contributed by atoms with Crippen molar-refractivity contribution in [3.8, 4) is 11.1 Å². The van der Waals surface area contributed by atoms with Crippen LogP contribution in [0.15, 0.2) is 65.3 Å². The van der Waals surface area contributed by atoms with Gasteiger partial charge in [-0.2, -0.15) is 13.2 Å². The van der Waals surface area contributed by atoms with Crippen molar-refractivity contribution in [2.75, 3.05) is 0 Å². The summed E-state index contributed by atoms with van der Waals surface area (Å²) in [5.74, 6) is -0.355. The molecule has 6 nitrogen and oxygen atoms in total. The van der Waals surface area contributed by atoms with Crippen LogP contribution >= 0.6 is 15.9 Å². The second-order valence-corrected chi connectivity index (χ2v) is 10.3. The number of nitrogens with zero attached hydrogens (tertiary/aromatic N) is 1. The molecule has 0 saturated heterocycles. The number of amides is 2. The summed E-state index contributed by atoms with van der Waals surface area (Å²) >= 11 is 3.31. The number of hydrogen-bond donors (Lipinski definition) is 2. The molecule has 2 N–H and O–H groups in total. The average Bonchev–Trinajstić information content (AvgIpc) is 2.81. The fraction of sp³-hybridized carbons (Fsp3) is 0.296. The third kappa shape index (κ3) is 8.04. The van der Waals surface area contributed by atoms with E-state index in [4.69, 9.17) is 4.74 Å². The van der Waals surface area contributed by atoms with Gasteiger partial charge in [-0.25, -0.2) is 4.79 Å². The molecule has 2 aromatic carbocycles. The van der Waals surface area contributed by atoms with Gasteiger partial charge in [-0.3, -0.25) is 9.78 Å². The van der Waals surface area contributed by atoms with E-state index in [1.807, 2.05) is 0 Å². The fourth-order valence-corrected chi connectivity index (χ4v) is 3.83. The van der Waals surface area contributed by atoms with Crippen LogP contribution in [0, 0.1) is 0 Å². The van der Waals surface area contributed by atoms with E-state index in [0.29, 0.717) is 16.7 Å². The molecule has 3 rings (SSSR count). The maximum Gasteiger partial charge on any atom is 0.416 e. The minimum atomic E-state index is -4.52. The lowest BCUT2D eigenvalue weighted by molar-refractivity contribution is -0.137. The molecule has 0 spiro atoms. The second kappa shape index (κ2) is 11.3. The van der Waals surface area contributed by atoms with Gasteiger partial charge in [0.15, 0.2) is 0 Å². The Morgan fingerprint density at radius 3 is 2.30 bits per heavy atom. The molecular weight excluding hydrogens is 551 g/mol. The fourth-order valence-electron chi connectivity index (χ4n) is 3.49. The van der Waals surface area contributed by atoms with Gasteiger partial charge in [-0.05, 0) is 74.2 Å². The van der Waals surface area contributed by atoms with E-state index in [9.17, 15) is 22.8 Å². The normalized spacial score (nSPS) is 12.5. The number of halogens is 4. The molecule has 0 aliphatic heterocycles. The molecule has 0 aliphatic carbocycles. The second-order valence-electron chi connectivity index (χ2n) is 9.40. The Hall–Kier alpha value is -3.40. The lowest BCUT2D eigenvalue weighted by Gasteiger charge is -2.20. The summed E-state index contributed by atoms with van der Waals surface area (Å²) in [6.45, 7) is 6.94. The lowest BCUT2D eigenvalue weighted by Crippen LogP contribution is -2.32. The molecule has 0 bridgehead atoms. The summed E-state index contributed by atoms with van der Waals surface area (Å²) in [7, 11) is 0. The van der Waals surface area contributed by atoms with Crippen molar-refractivity contribution in [2.45, 2.75) is 52.1 Å². The first-order chi connectivity index (χ1) is 17.2. The first-order valence-electron chi connectivity index (χ1n) is 11.4. The van der Waals surface area contributed by atoms with Crippen molar-refractivity contribution < 1.29 is 27.5 Å².